The second-order valence-corrected chi connectivity index (χ2v) is 4.07. The van der Waals surface area contributed by atoms with Gasteiger partial charge in [0.25, 0.3) is 5.91 Å². The van der Waals surface area contributed by atoms with Gasteiger partial charge in [0, 0.05) is 38.8 Å². The van der Waals surface area contributed by atoms with E-state index in [9.17, 15) is 9.59 Å². The molecule has 0 unspecified atom stereocenters. The zero-order valence-corrected chi connectivity index (χ0v) is 11.1. The van der Waals surface area contributed by atoms with Crippen LogP contribution in [0.4, 0.5) is 0 Å². The predicted molar refractivity (Wildman–Crippen MR) is 72.9 cm³/mol. The summed E-state index contributed by atoms with van der Waals surface area (Å²) in [5.41, 5.74) is 0.600. The second kappa shape index (κ2) is 9.10. The Morgan fingerprint density at radius 3 is 2.53 bits per heavy atom. The molecule has 2 amide bonds. The van der Waals surface area contributed by atoms with E-state index in [0.717, 1.165) is 6.42 Å². The molecule has 1 rings (SSSR count). The molecule has 0 aliphatic carbocycles. The molecule has 0 bridgehead atoms. The second-order valence-electron chi connectivity index (χ2n) is 4.07. The third-order valence-electron chi connectivity index (χ3n) is 2.52. The highest BCUT2D eigenvalue weighted by molar-refractivity contribution is 5.94. The zero-order valence-electron chi connectivity index (χ0n) is 11.1. The number of hydrogen-bond acceptors (Lipinski definition) is 3. The maximum Gasteiger partial charge on any atom is 0.251 e. The summed E-state index contributed by atoms with van der Waals surface area (Å²) in [6.07, 6.45) is 1.07. The molecule has 0 atom stereocenters. The van der Waals surface area contributed by atoms with Gasteiger partial charge in [-0.05, 0) is 18.6 Å². The van der Waals surface area contributed by atoms with Crippen molar-refractivity contribution in [3.8, 4) is 0 Å². The molecule has 19 heavy (non-hydrogen) atoms. The van der Waals surface area contributed by atoms with Crippen LogP contribution in [0.25, 0.3) is 0 Å². The van der Waals surface area contributed by atoms with Gasteiger partial charge in [0.1, 0.15) is 0 Å². The standard InChI is InChI=1S/C14H20N2O3/c1-19-11-5-9-15-13(17)8-10-16-14(18)12-6-3-2-4-7-12/h2-4,6-7H,5,8-11H2,1H3,(H,15,17)(H,16,18). The zero-order chi connectivity index (χ0) is 13.9. The molecule has 5 heteroatoms. The first-order valence-corrected chi connectivity index (χ1v) is 6.33. The van der Waals surface area contributed by atoms with Crippen LogP contribution in [-0.2, 0) is 9.53 Å². The first-order valence-electron chi connectivity index (χ1n) is 6.33. The maximum absolute atomic E-state index is 11.7. The Bertz CT molecular complexity index is 393. The van der Waals surface area contributed by atoms with Gasteiger partial charge in [-0.1, -0.05) is 18.2 Å². The maximum atomic E-state index is 11.7. The molecule has 1 aromatic rings. The van der Waals surface area contributed by atoms with E-state index in [-0.39, 0.29) is 18.2 Å². The molecule has 0 saturated carbocycles. The predicted octanol–water partition coefficient (Wildman–Crippen LogP) is 0.959. The third kappa shape index (κ3) is 6.57. The summed E-state index contributed by atoms with van der Waals surface area (Å²) in [7, 11) is 1.63. The van der Waals surface area contributed by atoms with Crippen molar-refractivity contribution in [2.45, 2.75) is 12.8 Å². The molecule has 0 spiro atoms. The molecule has 5 nitrogen and oxygen atoms in total. The number of amides is 2. The lowest BCUT2D eigenvalue weighted by Gasteiger charge is -2.06. The highest BCUT2D eigenvalue weighted by Crippen LogP contribution is 1.97. The largest absolute Gasteiger partial charge is 0.385 e. The fraction of sp³-hybridized carbons (Fsp3) is 0.429. The van der Waals surface area contributed by atoms with Crippen molar-refractivity contribution in [2.75, 3.05) is 26.8 Å². The van der Waals surface area contributed by atoms with Crippen LogP contribution in [0.5, 0.6) is 0 Å². The van der Waals surface area contributed by atoms with Crippen molar-refractivity contribution in [2.24, 2.45) is 0 Å². The Balaban J connectivity index is 2.13. The van der Waals surface area contributed by atoms with Gasteiger partial charge < -0.3 is 15.4 Å². The summed E-state index contributed by atoms with van der Waals surface area (Å²) < 4.78 is 4.88. The fourth-order valence-corrected chi connectivity index (χ4v) is 1.51. The van der Waals surface area contributed by atoms with E-state index in [1.807, 2.05) is 6.07 Å². The van der Waals surface area contributed by atoms with Gasteiger partial charge in [0.05, 0.1) is 0 Å². The summed E-state index contributed by atoms with van der Waals surface area (Å²) in [6, 6.07) is 8.93. The first-order chi connectivity index (χ1) is 9.24. The number of rotatable bonds is 8. The normalized spacial score (nSPS) is 9.95. The highest BCUT2D eigenvalue weighted by Gasteiger charge is 2.05. The van der Waals surface area contributed by atoms with Crippen LogP contribution in [0.3, 0.4) is 0 Å². The lowest BCUT2D eigenvalue weighted by molar-refractivity contribution is -0.120. The highest BCUT2D eigenvalue weighted by atomic mass is 16.5. The lowest BCUT2D eigenvalue weighted by Crippen LogP contribution is -2.31. The molecular formula is C14H20N2O3. The number of carbonyl (C=O) groups excluding carboxylic acids is 2. The van der Waals surface area contributed by atoms with Crippen LogP contribution in [0.15, 0.2) is 30.3 Å². The minimum atomic E-state index is -0.159. The van der Waals surface area contributed by atoms with Gasteiger partial charge in [-0.2, -0.15) is 0 Å². The fourth-order valence-electron chi connectivity index (χ4n) is 1.51. The van der Waals surface area contributed by atoms with Crippen molar-refractivity contribution < 1.29 is 14.3 Å². The summed E-state index contributed by atoms with van der Waals surface area (Å²) >= 11 is 0. The first kappa shape index (κ1) is 15.2. The van der Waals surface area contributed by atoms with E-state index in [1.54, 1.807) is 31.4 Å². The van der Waals surface area contributed by atoms with Crippen LogP contribution in [0, 0.1) is 0 Å². The Morgan fingerprint density at radius 1 is 1.11 bits per heavy atom. The lowest BCUT2D eigenvalue weighted by atomic mass is 10.2. The van der Waals surface area contributed by atoms with Crippen LogP contribution in [0.1, 0.15) is 23.2 Å². The Morgan fingerprint density at radius 2 is 1.84 bits per heavy atom. The van der Waals surface area contributed by atoms with E-state index in [2.05, 4.69) is 10.6 Å². The van der Waals surface area contributed by atoms with Crippen LogP contribution in [0.2, 0.25) is 0 Å². The van der Waals surface area contributed by atoms with Crippen LogP contribution < -0.4 is 10.6 Å². The molecule has 2 N–H and O–H groups in total. The SMILES string of the molecule is COCCCNC(=O)CCNC(=O)c1ccccc1. The minimum Gasteiger partial charge on any atom is -0.385 e. The third-order valence-corrected chi connectivity index (χ3v) is 2.52. The van der Waals surface area contributed by atoms with Gasteiger partial charge in [-0.25, -0.2) is 0 Å². The summed E-state index contributed by atoms with van der Waals surface area (Å²) in [5, 5.41) is 5.47. The molecule has 0 saturated heterocycles. The van der Waals surface area contributed by atoms with E-state index in [4.69, 9.17) is 4.74 Å². The quantitative estimate of drug-likeness (QED) is 0.687. The van der Waals surface area contributed by atoms with Crippen molar-refractivity contribution in [1.82, 2.24) is 10.6 Å². The van der Waals surface area contributed by atoms with E-state index >= 15 is 0 Å². The topological polar surface area (TPSA) is 67.4 Å². The van der Waals surface area contributed by atoms with Crippen LogP contribution in [-0.4, -0.2) is 38.6 Å². The summed E-state index contributed by atoms with van der Waals surface area (Å²) in [4.78, 5) is 23.1. The number of carbonyl (C=O) groups is 2. The summed E-state index contributed by atoms with van der Waals surface area (Å²) in [6.45, 7) is 1.56. The Kier molecular flexibility index (Phi) is 7.27. The number of nitrogens with one attached hydrogen (secondary N) is 2. The van der Waals surface area contributed by atoms with Gasteiger partial charge in [0.15, 0.2) is 0 Å². The van der Waals surface area contributed by atoms with Crippen molar-refractivity contribution >= 4 is 11.8 Å². The number of hydrogen-bond donors (Lipinski definition) is 2. The van der Waals surface area contributed by atoms with E-state index in [1.165, 1.54) is 0 Å². The van der Waals surface area contributed by atoms with Gasteiger partial charge in [-0.15, -0.1) is 0 Å². The van der Waals surface area contributed by atoms with Gasteiger partial charge in [-0.3, -0.25) is 9.59 Å². The Hall–Kier alpha value is -1.88. The molecule has 0 fully saturated rings. The molecule has 1 aromatic carbocycles. The van der Waals surface area contributed by atoms with Crippen LogP contribution >= 0.6 is 0 Å². The monoisotopic (exact) mass is 264 g/mol. The van der Waals surface area contributed by atoms with Crippen molar-refractivity contribution in [3.63, 3.8) is 0 Å². The van der Waals surface area contributed by atoms with Crippen molar-refractivity contribution in [3.05, 3.63) is 35.9 Å². The van der Waals surface area contributed by atoms with Crippen molar-refractivity contribution in [1.29, 1.82) is 0 Å². The number of benzene rings is 1. The van der Waals surface area contributed by atoms with E-state index < -0.39 is 0 Å². The van der Waals surface area contributed by atoms with Gasteiger partial charge >= 0.3 is 0 Å². The molecule has 0 heterocycles. The molecule has 0 aliphatic rings. The molecular weight excluding hydrogens is 244 g/mol. The average Bonchev–Trinajstić information content (AvgIpc) is 2.44. The molecule has 104 valence electrons. The van der Waals surface area contributed by atoms with Gasteiger partial charge in [0.2, 0.25) is 5.91 Å². The molecule has 0 aliphatic heterocycles. The average molecular weight is 264 g/mol. The smallest absolute Gasteiger partial charge is 0.251 e. The Labute approximate surface area is 113 Å². The molecule has 0 aromatic heterocycles. The number of methoxy groups -OCH3 is 1. The molecule has 0 radical (unpaired) electrons. The van der Waals surface area contributed by atoms with E-state index in [0.29, 0.717) is 25.3 Å². The minimum absolute atomic E-state index is 0.0653. The number of ether oxygens (including phenoxy) is 1. The summed E-state index contributed by atoms with van der Waals surface area (Å²) in [5.74, 6) is -0.225.